The van der Waals surface area contributed by atoms with Crippen LogP contribution in [0.1, 0.15) is 10.4 Å². The summed E-state index contributed by atoms with van der Waals surface area (Å²) in [6.45, 7) is 5.40. The van der Waals surface area contributed by atoms with Gasteiger partial charge in [0, 0.05) is 4.88 Å². The second kappa shape index (κ2) is 5.80. The molecule has 0 unspecified atom stereocenters. The summed E-state index contributed by atoms with van der Waals surface area (Å²) in [4.78, 5) is 23.0. The zero-order chi connectivity index (χ0) is 15.6. The first kappa shape index (κ1) is 14.8. The first-order valence-electron chi connectivity index (χ1n) is 6.02. The van der Waals surface area contributed by atoms with Crippen LogP contribution >= 0.6 is 11.3 Å². The predicted octanol–water partition coefficient (Wildman–Crippen LogP) is 3.28. The zero-order valence-electron chi connectivity index (χ0n) is 11.2. The average Bonchev–Trinajstić information content (AvgIpc) is 2.83. The number of hydrogen-bond donors (Lipinski definition) is 3. The first-order chi connectivity index (χ1) is 9.88. The Labute approximate surface area is 125 Å². The lowest BCUT2D eigenvalue weighted by Crippen LogP contribution is -2.21. The zero-order valence-corrected chi connectivity index (χ0v) is 12.0. The molecule has 108 valence electrons. The Morgan fingerprint density at radius 3 is 2.33 bits per heavy atom. The van der Waals surface area contributed by atoms with E-state index in [2.05, 4.69) is 11.9 Å². The summed E-state index contributed by atoms with van der Waals surface area (Å²) in [6.07, 6.45) is 0. The number of carboxylic acids is 1. The maximum Gasteiger partial charge on any atom is 0.394 e. The van der Waals surface area contributed by atoms with E-state index in [0.717, 1.165) is 16.0 Å². The number of amides is 1. The number of benzene rings is 1. The van der Waals surface area contributed by atoms with Crippen molar-refractivity contribution in [3.63, 3.8) is 0 Å². The van der Waals surface area contributed by atoms with E-state index in [9.17, 15) is 14.7 Å². The number of aliphatic hydroxyl groups is 1. The number of anilines is 1. The fourth-order valence-corrected chi connectivity index (χ4v) is 2.72. The Kier molecular flexibility index (Phi) is 4.09. The Hall–Kier alpha value is -2.60. The molecular formula is C15H13NO4S. The summed E-state index contributed by atoms with van der Waals surface area (Å²) < 4.78 is 0. The Bertz CT molecular complexity index is 716. The molecule has 0 radical (unpaired) electrons. The Morgan fingerprint density at radius 2 is 1.81 bits per heavy atom. The van der Waals surface area contributed by atoms with Crippen LogP contribution in [-0.2, 0) is 9.59 Å². The van der Waals surface area contributed by atoms with Crippen molar-refractivity contribution in [2.75, 3.05) is 5.32 Å². The fourth-order valence-electron chi connectivity index (χ4n) is 1.73. The van der Waals surface area contributed by atoms with Gasteiger partial charge in [0.1, 0.15) is 5.76 Å². The first-order valence-corrected chi connectivity index (χ1v) is 6.83. The van der Waals surface area contributed by atoms with Gasteiger partial charge in [0.25, 0.3) is 0 Å². The van der Waals surface area contributed by atoms with Gasteiger partial charge in [-0.15, -0.1) is 11.3 Å². The third-order valence-electron chi connectivity index (χ3n) is 2.77. The number of carbonyl (C=O) groups excluding carboxylic acids is 1. The van der Waals surface area contributed by atoms with Gasteiger partial charge in [0.2, 0.25) is 0 Å². The number of carbonyl (C=O) groups is 2. The number of thiophene rings is 1. The highest BCUT2D eigenvalue weighted by molar-refractivity contribution is 7.17. The largest absolute Gasteiger partial charge is 0.507 e. The lowest BCUT2D eigenvalue weighted by Gasteiger charge is -2.01. The van der Waals surface area contributed by atoms with Crippen molar-refractivity contribution >= 4 is 34.7 Å². The topological polar surface area (TPSA) is 86.6 Å². The summed E-state index contributed by atoms with van der Waals surface area (Å²) in [5.41, 5.74) is 2.25. The van der Waals surface area contributed by atoms with Gasteiger partial charge in [-0.05, 0) is 18.6 Å². The Balaban J connectivity index is 2.41. The molecular weight excluding hydrogens is 290 g/mol. The van der Waals surface area contributed by atoms with E-state index in [0.29, 0.717) is 4.88 Å². The molecule has 0 saturated carbocycles. The minimum absolute atomic E-state index is 0.223. The molecule has 2 aromatic rings. The molecule has 0 spiro atoms. The van der Waals surface area contributed by atoms with Crippen LogP contribution in [0.25, 0.3) is 16.2 Å². The molecule has 5 nitrogen and oxygen atoms in total. The second-order valence-corrected chi connectivity index (χ2v) is 5.48. The molecule has 6 heteroatoms. The molecule has 2 rings (SSSR count). The molecule has 0 aliphatic heterocycles. The van der Waals surface area contributed by atoms with Crippen LogP contribution in [0.2, 0.25) is 0 Å². The van der Waals surface area contributed by atoms with E-state index in [1.807, 2.05) is 31.2 Å². The van der Waals surface area contributed by atoms with Gasteiger partial charge in [0.05, 0.1) is 10.6 Å². The molecule has 3 N–H and O–H groups in total. The van der Waals surface area contributed by atoms with Crippen LogP contribution in [0, 0.1) is 6.92 Å². The monoisotopic (exact) mass is 303 g/mol. The van der Waals surface area contributed by atoms with Gasteiger partial charge in [-0.2, -0.15) is 0 Å². The smallest absolute Gasteiger partial charge is 0.394 e. The quantitative estimate of drug-likeness (QED) is 0.600. The van der Waals surface area contributed by atoms with Gasteiger partial charge >= 0.3 is 11.9 Å². The van der Waals surface area contributed by atoms with Crippen molar-refractivity contribution in [2.45, 2.75) is 6.92 Å². The van der Waals surface area contributed by atoms with Crippen molar-refractivity contribution < 1.29 is 19.8 Å². The van der Waals surface area contributed by atoms with Crippen LogP contribution < -0.4 is 5.32 Å². The molecule has 1 amide bonds. The van der Waals surface area contributed by atoms with Gasteiger partial charge < -0.3 is 15.5 Å². The second-order valence-electron chi connectivity index (χ2n) is 4.43. The predicted molar refractivity (Wildman–Crippen MR) is 82.4 cm³/mol. The highest BCUT2D eigenvalue weighted by Crippen LogP contribution is 2.37. The minimum atomic E-state index is -1.59. The van der Waals surface area contributed by atoms with Crippen LogP contribution in [0.4, 0.5) is 5.69 Å². The summed E-state index contributed by atoms with van der Waals surface area (Å²) >= 11 is 1.22. The van der Waals surface area contributed by atoms with E-state index in [-0.39, 0.29) is 11.4 Å². The summed E-state index contributed by atoms with van der Waals surface area (Å²) in [5, 5.41) is 20.5. The van der Waals surface area contributed by atoms with Crippen LogP contribution in [0.3, 0.4) is 0 Å². The average molecular weight is 303 g/mol. The number of rotatable bonds is 3. The number of aliphatic hydroxyl groups excluding tert-OH is 1. The molecule has 0 atom stereocenters. The number of aryl methyl sites for hydroxylation is 1. The van der Waals surface area contributed by atoms with Gasteiger partial charge in [-0.1, -0.05) is 36.4 Å². The van der Waals surface area contributed by atoms with E-state index in [1.165, 1.54) is 11.3 Å². The summed E-state index contributed by atoms with van der Waals surface area (Å²) in [5.74, 6) is -2.97. The van der Waals surface area contributed by atoms with E-state index in [4.69, 9.17) is 5.11 Å². The molecule has 21 heavy (non-hydrogen) atoms. The van der Waals surface area contributed by atoms with Crippen LogP contribution in [-0.4, -0.2) is 22.1 Å². The molecule has 0 fully saturated rings. The van der Waals surface area contributed by atoms with Crippen molar-refractivity contribution in [2.24, 2.45) is 0 Å². The maximum atomic E-state index is 11.3. The van der Waals surface area contributed by atoms with Gasteiger partial charge in [-0.25, -0.2) is 4.79 Å². The molecule has 0 aliphatic carbocycles. The van der Waals surface area contributed by atoms with E-state index >= 15 is 0 Å². The highest BCUT2D eigenvalue weighted by atomic mass is 32.1. The molecule has 1 aromatic heterocycles. The van der Waals surface area contributed by atoms with Crippen molar-refractivity contribution in [3.05, 3.63) is 47.4 Å². The SMILES string of the molecule is C=C(O)c1sc(-c2ccc(C)cc2)cc1NC(=O)C(=O)O. The van der Waals surface area contributed by atoms with Crippen molar-refractivity contribution in [3.8, 4) is 10.4 Å². The van der Waals surface area contributed by atoms with Gasteiger partial charge in [0.15, 0.2) is 0 Å². The third-order valence-corrected chi connectivity index (χ3v) is 4.01. The molecule has 1 heterocycles. The van der Waals surface area contributed by atoms with E-state index in [1.54, 1.807) is 6.07 Å². The Morgan fingerprint density at radius 1 is 1.19 bits per heavy atom. The van der Waals surface area contributed by atoms with Crippen LogP contribution in [0.5, 0.6) is 0 Å². The lowest BCUT2D eigenvalue weighted by molar-refractivity contribution is -0.147. The molecule has 1 aromatic carbocycles. The fraction of sp³-hybridized carbons (Fsp3) is 0.0667. The highest BCUT2D eigenvalue weighted by Gasteiger charge is 2.18. The van der Waals surface area contributed by atoms with Crippen LogP contribution in [0.15, 0.2) is 36.9 Å². The van der Waals surface area contributed by atoms with Gasteiger partial charge in [-0.3, -0.25) is 4.79 Å². The molecule has 0 saturated heterocycles. The normalized spacial score (nSPS) is 10.1. The number of hydrogen-bond acceptors (Lipinski definition) is 4. The molecule has 0 aliphatic rings. The maximum absolute atomic E-state index is 11.3. The standard InChI is InChI=1S/C15H13NO4S/c1-8-3-5-10(6-4-8)12-7-11(13(21-12)9(2)17)16-14(18)15(19)20/h3-7,17H,2H2,1H3,(H,16,18)(H,19,20). The molecule has 0 bridgehead atoms. The third kappa shape index (κ3) is 3.29. The summed E-state index contributed by atoms with van der Waals surface area (Å²) in [6, 6.07) is 9.32. The van der Waals surface area contributed by atoms with E-state index < -0.39 is 11.9 Å². The van der Waals surface area contributed by atoms with Crippen molar-refractivity contribution in [1.82, 2.24) is 0 Å². The van der Waals surface area contributed by atoms with Crippen molar-refractivity contribution in [1.29, 1.82) is 0 Å². The lowest BCUT2D eigenvalue weighted by atomic mass is 10.1. The number of carboxylic acid groups (broad SMARTS) is 1. The minimum Gasteiger partial charge on any atom is -0.507 e. The summed E-state index contributed by atoms with van der Waals surface area (Å²) in [7, 11) is 0. The number of nitrogens with one attached hydrogen (secondary N) is 1. The number of aliphatic carboxylic acids is 1.